The molecule has 2 aromatic rings. The number of carbonyl (C=O) groups excluding carboxylic acids is 2. The lowest BCUT2D eigenvalue weighted by molar-refractivity contribution is -0.143. The summed E-state index contributed by atoms with van der Waals surface area (Å²) in [6.07, 6.45) is 8.04. The van der Waals surface area contributed by atoms with Gasteiger partial charge in [0.25, 0.3) is 0 Å². The fourth-order valence-electron chi connectivity index (χ4n) is 6.76. The van der Waals surface area contributed by atoms with E-state index in [4.69, 9.17) is 22.6 Å². The smallest absolute Gasteiger partial charge is 0.326 e. The average Bonchev–Trinajstić information content (AvgIpc) is 3.03. The number of guanidine groups is 1. The minimum absolute atomic E-state index is 0.0167. The molecule has 242 valence electrons. The van der Waals surface area contributed by atoms with E-state index in [1.807, 2.05) is 24.3 Å². The van der Waals surface area contributed by atoms with Gasteiger partial charge in [0.2, 0.25) is 11.8 Å². The number of fused-ring (bicyclic) bond motifs is 1. The summed E-state index contributed by atoms with van der Waals surface area (Å²) < 4.78 is 0. The number of carboxylic acids is 1. The Kier molecular flexibility index (Phi) is 11.9. The van der Waals surface area contributed by atoms with E-state index in [0.29, 0.717) is 18.4 Å². The van der Waals surface area contributed by atoms with Crippen LogP contribution in [0.5, 0.6) is 0 Å². The van der Waals surface area contributed by atoms with Crippen molar-refractivity contribution in [2.45, 2.75) is 82.7 Å². The third-order valence-corrected chi connectivity index (χ3v) is 9.27. The number of nitrogens with two attached hydrogens (primary N) is 3. The minimum atomic E-state index is -1.14. The third kappa shape index (κ3) is 9.54. The number of aliphatic imine (C=N–C) groups is 1. The van der Waals surface area contributed by atoms with Crippen LogP contribution in [-0.2, 0) is 33.6 Å². The Morgan fingerprint density at radius 2 is 1.58 bits per heavy atom. The molecule has 1 saturated carbocycles. The van der Waals surface area contributed by atoms with Gasteiger partial charge in [-0.05, 0) is 79.9 Å². The molecule has 2 aliphatic carbocycles. The molecule has 0 spiro atoms. The molecule has 0 bridgehead atoms. The lowest BCUT2D eigenvalue weighted by Gasteiger charge is -2.35. The summed E-state index contributed by atoms with van der Waals surface area (Å²) in [6.45, 7) is 0.254. The maximum Gasteiger partial charge on any atom is 0.326 e. The van der Waals surface area contributed by atoms with E-state index >= 15 is 0 Å². The summed E-state index contributed by atoms with van der Waals surface area (Å²) in [5.74, 6) is -2.33. The van der Waals surface area contributed by atoms with Crippen molar-refractivity contribution < 1.29 is 19.5 Å². The van der Waals surface area contributed by atoms with Gasteiger partial charge in [-0.3, -0.25) is 20.0 Å². The zero-order valence-corrected chi connectivity index (χ0v) is 25.8. The van der Waals surface area contributed by atoms with Crippen LogP contribution in [0.1, 0.15) is 73.6 Å². The topological polar surface area (TPSA) is 210 Å². The molecule has 4 rings (SSSR count). The van der Waals surface area contributed by atoms with Crippen molar-refractivity contribution in [1.82, 2.24) is 10.6 Å². The van der Waals surface area contributed by atoms with Gasteiger partial charge in [0.05, 0.1) is 0 Å². The summed E-state index contributed by atoms with van der Waals surface area (Å²) in [6, 6.07) is 13.7. The molecule has 2 unspecified atom stereocenters. The Labute approximate surface area is 264 Å². The first-order chi connectivity index (χ1) is 21.6. The Bertz CT molecular complexity index is 1370. The van der Waals surface area contributed by atoms with Crippen molar-refractivity contribution >= 4 is 29.6 Å². The van der Waals surface area contributed by atoms with E-state index in [1.165, 1.54) is 11.1 Å². The number of amidine groups is 1. The monoisotopic (exact) mass is 617 g/mol. The molecular formula is C34H47N7O4. The largest absolute Gasteiger partial charge is 0.480 e. The number of benzene rings is 2. The molecule has 2 aliphatic rings. The van der Waals surface area contributed by atoms with Crippen LogP contribution in [0, 0.1) is 23.2 Å². The molecule has 11 nitrogen and oxygen atoms in total. The van der Waals surface area contributed by atoms with Crippen LogP contribution in [0.4, 0.5) is 0 Å². The van der Waals surface area contributed by atoms with Gasteiger partial charge in [-0.25, -0.2) is 4.79 Å². The Morgan fingerprint density at radius 3 is 2.22 bits per heavy atom. The van der Waals surface area contributed by atoms with Crippen LogP contribution in [0.2, 0.25) is 0 Å². The van der Waals surface area contributed by atoms with Crippen LogP contribution >= 0.6 is 0 Å². The predicted octanol–water partition coefficient (Wildman–Crippen LogP) is 2.62. The van der Waals surface area contributed by atoms with Crippen molar-refractivity contribution in [3.8, 4) is 0 Å². The number of nitrogen functional groups attached to an aromatic ring is 1. The summed E-state index contributed by atoms with van der Waals surface area (Å²) >= 11 is 0. The number of nitrogens with one attached hydrogen (secondary N) is 3. The van der Waals surface area contributed by atoms with Crippen LogP contribution in [0.15, 0.2) is 53.5 Å². The highest BCUT2D eigenvalue weighted by Gasteiger charge is 2.37. The Morgan fingerprint density at radius 1 is 0.889 bits per heavy atom. The second-order valence-electron chi connectivity index (χ2n) is 12.4. The lowest BCUT2D eigenvalue weighted by Crippen LogP contribution is -2.56. The molecule has 4 atom stereocenters. The minimum Gasteiger partial charge on any atom is -0.480 e. The number of hydrogen-bond acceptors (Lipinski definition) is 5. The molecule has 0 aliphatic heterocycles. The first-order valence-corrected chi connectivity index (χ1v) is 16.0. The van der Waals surface area contributed by atoms with Crippen LogP contribution < -0.4 is 27.8 Å². The number of nitrogens with zero attached hydrogens (tertiary/aromatic N) is 1. The zero-order chi connectivity index (χ0) is 32.3. The van der Waals surface area contributed by atoms with Crippen LogP contribution in [0.3, 0.4) is 0 Å². The van der Waals surface area contributed by atoms with Gasteiger partial charge >= 0.3 is 5.97 Å². The van der Waals surface area contributed by atoms with E-state index < -0.39 is 29.9 Å². The van der Waals surface area contributed by atoms with Gasteiger partial charge in [-0.15, -0.1) is 0 Å². The van der Waals surface area contributed by atoms with Crippen LogP contribution in [-0.4, -0.2) is 53.3 Å². The fraction of sp³-hybridized carbons (Fsp3) is 0.500. The predicted molar refractivity (Wildman–Crippen MR) is 175 cm³/mol. The third-order valence-electron chi connectivity index (χ3n) is 9.27. The maximum atomic E-state index is 14.3. The van der Waals surface area contributed by atoms with Gasteiger partial charge < -0.3 is 32.9 Å². The quantitative estimate of drug-likeness (QED) is 0.0956. The summed E-state index contributed by atoms with van der Waals surface area (Å²) in [5, 5.41) is 23.4. The van der Waals surface area contributed by atoms with Crippen molar-refractivity contribution in [2.24, 2.45) is 39.9 Å². The second kappa shape index (κ2) is 16.1. The van der Waals surface area contributed by atoms with Crippen LogP contribution in [0.25, 0.3) is 0 Å². The number of rotatable bonds is 14. The number of carbonyl (C=O) groups is 3. The highest BCUT2D eigenvalue weighted by molar-refractivity contribution is 5.95. The molecule has 0 aromatic heterocycles. The van der Waals surface area contributed by atoms with E-state index in [1.54, 1.807) is 12.1 Å². The van der Waals surface area contributed by atoms with Gasteiger partial charge in [-0.1, -0.05) is 67.8 Å². The molecule has 0 saturated heterocycles. The van der Waals surface area contributed by atoms with Crippen molar-refractivity contribution in [1.29, 1.82) is 5.41 Å². The summed E-state index contributed by atoms with van der Waals surface area (Å²) in [5.41, 5.74) is 20.5. The molecule has 11 heteroatoms. The molecule has 10 N–H and O–H groups in total. The highest BCUT2D eigenvalue weighted by atomic mass is 16.4. The standard InChI is InChI=1S/C34H47N7O4/c35-30(36)24-14-12-21(13-15-24)19-27(26-17-16-22-7-4-5-10-25(22)20-26)31(42)41-29(23-8-2-1-3-9-23)32(43)40-28(33(44)45)11-6-18-39-34(37)38/h4-5,7,10,12-15,23,26-29H,1-3,6,8-9,11,16-20H2,(H3,35,36)(H,40,43)(H,41,42)(H,44,45)(H4,37,38,39)/t26?,27?,28-,29-/m0/s1. The van der Waals surface area contributed by atoms with Gasteiger partial charge in [-0.2, -0.15) is 0 Å². The first kappa shape index (κ1) is 33.5. The van der Waals surface area contributed by atoms with Crippen molar-refractivity contribution in [3.63, 3.8) is 0 Å². The zero-order valence-electron chi connectivity index (χ0n) is 25.8. The molecule has 2 aromatic carbocycles. The SMILES string of the molecule is N=C(N)c1ccc(CC(C(=O)N[C@H](C(=O)N[C@@H](CCCN=C(N)N)C(=O)O)C2CCCCC2)C2CCc3ccccc3C2)cc1. The molecule has 45 heavy (non-hydrogen) atoms. The van der Waals surface area contributed by atoms with Gasteiger partial charge in [0.15, 0.2) is 5.96 Å². The molecule has 0 radical (unpaired) electrons. The maximum absolute atomic E-state index is 14.3. The first-order valence-electron chi connectivity index (χ1n) is 16.0. The van der Waals surface area contributed by atoms with Crippen molar-refractivity contribution in [3.05, 3.63) is 70.8 Å². The molecule has 1 fully saturated rings. The van der Waals surface area contributed by atoms with E-state index in [-0.39, 0.29) is 42.5 Å². The van der Waals surface area contributed by atoms with E-state index in [2.05, 4.69) is 27.8 Å². The molecule has 0 heterocycles. The number of carboxylic acid groups (broad SMARTS) is 1. The second-order valence-corrected chi connectivity index (χ2v) is 12.4. The summed E-state index contributed by atoms with van der Waals surface area (Å²) in [4.78, 5) is 44.0. The number of hydrogen-bond donors (Lipinski definition) is 7. The summed E-state index contributed by atoms with van der Waals surface area (Å²) in [7, 11) is 0. The average molecular weight is 618 g/mol. The van der Waals surface area contributed by atoms with Gasteiger partial charge in [0.1, 0.15) is 17.9 Å². The van der Waals surface area contributed by atoms with Crippen molar-refractivity contribution in [2.75, 3.05) is 6.54 Å². The number of aliphatic carboxylic acids is 1. The van der Waals surface area contributed by atoms with Gasteiger partial charge in [0, 0.05) is 18.0 Å². The van der Waals surface area contributed by atoms with E-state index in [9.17, 15) is 19.5 Å². The number of amides is 2. The molecular weight excluding hydrogens is 570 g/mol. The molecule has 2 amide bonds. The lowest BCUT2D eigenvalue weighted by atomic mass is 9.74. The van der Waals surface area contributed by atoms with E-state index in [0.717, 1.165) is 56.9 Å². The fourth-order valence-corrected chi connectivity index (χ4v) is 6.76. The number of aryl methyl sites for hydroxylation is 1. The highest BCUT2D eigenvalue weighted by Crippen LogP contribution is 2.33. The Balaban J connectivity index is 1.56. The normalized spacial score (nSPS) is 18.4. The Hall–Kier alpha value is -4.41.